The lowest BCUT2D eigenvalue weighted by atomic mass is 9.96. The minimum atomic E-state index is -0.970. The standard InChI is InChI=1S/C14H23NO4/c1-4-6-11-7-8-15(12(9-11)13(16)17)14(18)19-10(3)5-2/h6,10,12H,4-5,7-9H2,1-3H3,(H,16,17). The van der Waals surface area contributed by atoms with Crippen LogP contribution < -0.4 is 0 Å². The molecule has 1 N–H and O–H groups in total. The second kappa shape index (κ2) is 7.16. The van der Waals surface area contributed by atoms with Crippen molar-refractivity contribution in [2.45, 2.75) is 58.6 Å². The van der Waals surface area contributed by atoms with E-state index in [2.05, 4.69) is 0 Å². The third kappa shape index (κ3) is 4.26. The van der Waals surface area contributed by atoms with Crippen LogP contribution in [0.4, 0.5) is 4.79 Å². The molecule has 0 saturated carbocycles. The van der Waals surface area contributed by atoms with Crippen molar-refractivity contribution < 1.29 is 19.4 Å². The molecule has 0 aliphatic carbocycles. The smallest absolute Gasteiger partial charge is 0.410 e. The van der Waals surface area contributed by atoms with E-state index in [1.165, 1.54) is 4.90 Å². The van der Waals surface area contributed by atoms with E-state index in [0.29, 0.717) is 13.0 Å². The third-order valence-corrected chi connectivity index (χ3v) is 3.39. The Labute approximate surface area is 114 Å². The first-order valence-corrected chi connectivity index (χ1v) is 6.87. The van der Waals surface area contributed by atoms with Crippen molar-refractivity contribution in [2.24, 2.45) is 0 Å². The van der Waals surface area contributed by atoms with E-state index in [0.717, 1.165) is 24.8 Å². The molecule has 0 bridgehead atoms. The van der Waals surface area contributed by atoms with Crippen LogP contribution in [0.2, 0.25) is 0 Å². The Morgan fingerprint density at radius 3 is 2.74 bits per heavy atom. The molecule has 5 heteroatoms. The molecule has 1 fully saturated rings. The van der Waals surface area contributed by atoms with Crippen molar-refractivity contribution >= 4 is 12.1 Å². The van der Waals surface area contributed by atoms with Gasteiger partial charge >= 0.3 is 12.1 Å². The molecule has 19 heavy (non-hydrogen) atoms. The number of rotatable bonds is 4. The first-order valence-electron chi connectivity index (χ1n) is 6.87. The van der Waals surface area contributed by atoms with Crippen molar-refractivity contribution in [2.75, 3.05) is 6.54 Å². The zero-order valence-corrected chi connectivity index (χ0v) is 11.9. The molecule has 0 radical (unpaired) electrons. The number of likely N-dealkylation sites (tertiary alicyclic amines) is 1. The first-order chi connectivity index (χ1) is 8.99. The highest BCUT2D eigenvalue weighted by molar-refractivity contribution is 5.80. The number of piperidine rings is 1. The average Bonchev–Trinajstić information content (AvgIpc) is 2.38. The Hall–Kier alpha value is -1.52. The zero-order valence-electron chi connectivity index (χ0n) is 11.9. The molecule has 2 unspecified atom stereocenters. The van der Waals surface area contributed by atoms with Crippen molar-refractivity contribution in [1.82, 2.24) is 4.90 Å². The minimum absolute atomic E-state index is 0.186. The van der Waals surface area contributed by atoms with Gasteiger partial charge in [0.05, 0.1) is 0 Å². The van der Waals surface area contributed by atoms with Gasteiger partial charge in [0.2, 0.25) is 0 Å². The van der Waals surface area contributed by atoms with Crippen molar-refractivity contribution in [1.29, 1.82) is 0 Å². The summed E-state index contributed by atoms with van der Waals surface area (Å²) in [6, 6.07) is -0.803. The molecule has 1 aliphatic rings. The molecule has 0 aromatic carbocycles. The molecule has 108 valence electrons. The number of carboxylic acid groups (broad SMARTS) is 1. The van der Waals surface area contributed by atoms with Gasteiger partial charge in [0, 0.05) is 6.54 Å². The van der Waals surface area contributed by atoms with E-state index in [4.69, 9.17) is 4.74 Å². The number of nitrogens with zero attached hydrogens (tertiary/aromatic N) is 1. The summed E-state index contributed by atoms with van der Waals surface area (Å²) in [6.07, 6.45) is 4.09. The van der Waals surface area contributed by atoms with Gasteiger partial charge in [0.25, 0.3) is 0 Å². The predicted octanol–water partition coefficient (Wildman–Crippen LogP) is 2.81. The number of ether oxygens (including phenoxy) is 1. The van der Waals surface area contributed by atoms with Gasteiger partial charge < -0.3 is 9.84 Å². The lowest BCUT2D eigenvalue weighted by molar-refractivity contribution is -0.143. The third-order valence-electron chi connectivity index (χ3n) is 3.39. The van der Waals surface area contributed by atoms with E-state index in [-0.39, 0.29) is 6.10 Å². The molecule has 1 rings (SSSR count). The summed E-state index contributed by atoms with van der Waals surface area (Å²) in [5.41, 5.74) is 1.11. The Morgan fingerprint density at radius 2 is 2.21 bits per heavy atom. The number of amides is 1. The maximum Gasteiger partial charge on any atom is 0.410 e. The normalized spacial score (nSPS) is 23.2. The van der Waals surface area contributed by atoms with Crippen LogP contribution in [0.25, 0.3) is 0 Å². The van der Waals surface area contributed by atoms with Crippen LogP contribution in [0.3, 0.4) is 0 Å². The van der Waals surface area contributed by atoms with Crippen LogP contribution in [0, 0.1) is 0 Å². The molecule has 2 atom stereocenters. The van der Waals surface area contributed by atoms with E-state index in [9.17, 15) is 14.7 Å². The highest BCUT2D eigenvalue weighted by Gasteiger charge is 2.35. The molecule has 1 aliphatic heterocycles. The lowest BCUT2D eigenvalue weighted by Crippen LogP contribution is -2.49. The molecule has 1 heterocycles. The monoisotopic (exact) mass is 269 g/mol. The largest absolute Gasteiger partial charge is 0.480 e. The molecular formula is C14H23NO4. The van der Waals surface area contributed by atoms with Gasteiger partial charge in [0.15, 0.2) is 0 Å². The maximum absolute atomic E-state index is 12.0. The van der Waals surface area contributed by atoms with Gasteiger partial charge in [-0.15, -0.1) is 0 Å². The van der Waals surface area contributed by atoms with Crippen LogP contribution in [0.1, 0.15) is 46.5 Å². The minimum Gasteiger partial charge on any atom is -0.480 e. The molecule has 5 nitrogen and oxygen atoms in total. The molecule has 0 aromatic heterocycles. The van der Waals surface area contributed by atoms with E-state index in [1.54, 1.807) is 6.92 Å². The Morgan fingerprint density at radius 1 is 1.53 bits per heavy atom. The van der Waals surface area contributed by atoms with Gasteiger partial charge in [0.1, 0.15) is 12.1 Å². The predicted molar refractivity (Wildman–Crippen MR) is 72.0 cm³/mol. The molecule has 0 spiro atoms. The van der Waals surface area contributed by atoms with Crippen molar-refractivity contribution in [3.05, 3.63) is 11.6 Å². The second-order valence-corrected chi connectivity index (χ2v) is 4.87. The summed E-state index contributed by atoms with van der Waals surface area (Å²) >= 11 is 0. The SMILES string of the molecule is CCC=C1CCN(C(=O)OC(C)CC)C(C(=O)O)C1. The highest BCUT2D eigenvalue weighted by Crippen LogP contribution is 2.24. The van der Waals surface area contributed by atoms with Crippen LogP contribution in [0.15, 0.2) is 11.6 Å². The summed E-state index contributed by atoms with van der Waals surface area (Å²) < 4.78 is 5.22. The van der Waals surface area contributed by atoms with Crippen molar-refractivity contribution in [3.63, 3.8) is 0 Å². The Bertz CT molecular complexity index is 364. The number of carboxylic acids is 1. The number of aliphatic carboxylic acids is 1. The Balaban J connectivity index is 2.74. The summed E-state index contributed by atoms with van der Waals surface area (Å²) in [5, 5.41) is 9.26. The highest BCUT2D eigenvalue weighted by atomic mass is 16.6. The fourth-order valence-electron chi connectivity index (χ4n) is 2.12. The van der Waals surface area contributed by atoms with Gasteiger partial charge in [-0.25, -0.2) is 9.59 Å². The Kier molecular flexibility index (Phi) is 5.86. The van der Waals surface area contributed by atoms with Gasteiger partial charge in [-0.1, -0.05) is 25.5 Å². The summed E-state index contributed by atoms with van der Waals surface area (Å²) in [4.78, 5) is 24.6. The quantitative estimate of drug-likeness (QED) is 0.797. The van der Waals surface area contributed by atoms with Crippen LogP contribution in [-0.2, 0) is 9.53 Å². The maximum atomic E-state index is 12.0. The molecule has 0 aromatic rings. The topological polar surface area (TPSA) is 66.8 Å². The van der Waals surface area contributed by atoms with E-state index in [1.807, 2.05) is 19.9 Å². The van der Waals surface area contributed by atoms with Crippen LogP contribution >= 0.6 is 0 Å². The van der Waals surface area contributed by atoms with Gasteiger partial charge in [-0.05, 0) is 32.6 Å². The molecule has 1 saturated heterocycles. The number of hydrogen-bond acceptors (Lipinski definition) is 3. The average molecular weight is 269 g/mol. The van der Waals surface area contributed by atoms with Crippen molar-refractivity contribution in [3.8, 4) is 0 Å². The lowest BCUT2D eigenvalue weighted by Gasteiger charge is -2.34. The fraction of sp³-hybridized carbons (Fsp3) is 0.714. The molecular weight excluding hydrogens is 246 g/mol. The first kappa shape index (κ1) is 15.5. The number of allylic oxidation sites excluding steroid dienone is 1. The van der Waals surface area contributed by atoms with E-state index >= 15 is 0 Å². The summed E-state index contributed by atoms with van der Waals surface area (Å²) in [5.74, 6) is -0.970. The van der Waals surface area contributed by atoms with Gasteiger partial charge in [-0.2, -0.15) is 0 Å². The zero-order chi connectivity index (χ0) is 14.4. The number of hydrogen-bond donors (Lipinski definition) is 1. The number of carbonyl (C=O) groups excluding carboxylic acids is 1. The summed E-state index contributed by atoms with van der Waals surface area (Å²) in [6.45, 7) is 6.16. The second-order valence-electron chi connectivity index (χ2n) is 4.87. The molecule has 1 amide bonds. The number of carbonyl (C=O) groups is 2. The van der Waals surface area contributed by atoms with Crippen LogP contribution in [-0.4, -0.2) is 40.8 Å². The van der Waals surface area contributed by atoms with Crippen LogP contribution in [0.5, 0.6) is 0 Å². The van der Waals surface area contributed by atoms with Gasteiger partial charge in [-0.3, -0.25) is 4.90 Å². The van der Waals surface area contributed by atoms with E-state index < -0.39 is 18.1 Å². The summed E-state index contributed by atoms with van der Waals surface area (Å²) in [7, 11) is 0. The fourth-order valence-corrected chi connectivity index (χ4v) is 2.12.